The number of anilines is 1. The fourth-order valence-electron chi connectivity index (χ4n) is 4.41. The first-order valence-corrected chi connectivity index (χ1v) is 22.3. The summed E-state index contributed by atoms with van der Waals surface area (Å²) in [6.45, 7) is 1.45. The number of unbranched alkanes of at least 4 members (excludes halogenated alkanes) is 2. The molecule has 0 bridgehead atoms. The molecule has 4 N–H and O–H groups in total. The van der Waals surface area contributed by atoms with Crippen molar-refractivity contribution in [2.45, 2.75) is 51.9 Å². The number of carboxylic acid groups (broad SMARTS) is 1. The van der Waals surface area contributed by atoms with Crippen molar-refractivity contribution in [1.29, 1.82) is 5.26 Å². The Balaban J connectivity index is 0.000000475. The molecule has 0 fully saturated rings. The molecule has 54 heavy (non-hydrogen) atoms. The van der Waals surface area contributed by atoms with Crippen molar-refractivity contribution in [2.75, 3.05) is 49.7 Å². The van der Waals surface area contributed by atoms with Crippen LogP contribution >= 0.6 is 51.1 Å². The zero-order valence-corrected chi connectivity index (χ0v) is 35.6. The van der Waals surface area contributed by atoms with E-state index in [4.69, 9.17) is 36.3 Å². The van der Waals surface area contributed by atoms with E-state index >= 15 is 0 Å². The van der Waals surface area contributed by atoms with Crippen LogP contribution in [0.5, 0.6) is 11.5 Å². The van der Waals surface area contributed by atoms with E-state index in [1.165, 1.54) is 6.07 Å². The standard InChI is InChI=1S/C21H23ClFNO5.C7H3Br2NO.C3H8NO5P.C3H9S/c1-2-3-6-9-28-19(25)12-29-18-11-17(16(23)10-15(18)22)24-20(26)13-7-4-5-8-14(13)21(24)27;8-5-1-4(3-10)2-6(9)7(5)11;5-3(6)1-4-2-10(7,8)9;1-4(2)3/h10-11H,2-9,12H2,1H3;1-2,11H;4H,1-2H2,(H,5,6)(H2,7,8,9);1-3H3/q;;;+1/p-1. The predicted octanol–water partition coefficient (Wildman–Crippen LogP) is 5.78. The molecule has 0 radical (unpaired) electrons. The molecule has 0 saturated carbocycles. The van der Waals surface area contributed by atoms with E-state index in [1.54, 1.807) is 12.1 Å². The average Bonchev–Trinajstić information content (AvgIpc) is 3.33. The Hall–Kier alpha value is -3.01. The van der Waals surface area contributed by atoms with Gasteiger partial charge >= 0.3 is 11.9 Å². The normalized spacial score (nSPS) is 14.3. The molecule has 2 aromatic carbocycles. The largest absolute Gasteiger partial charge is 0.778 e. The van der Waals surface area contributed by atoms with Crippen LogP contribution in [0.25, 0.3) is 0 Å². The first kappa shape index (κ1) is 49.0. The molecule has 0 spiro atoms. The number of nitriles is 1. The average molecular weight is 946 g/mol. The number of benzene rings is 2. The third-order valence-corrected chi connectivity index (χ3v) is 8.85. The van der Waals surface area contributed by atoms with Crippen LogP contribution in [0.3, 0.4) is 0 Å². The summed E-state index contributed by atoms with van der Waals surface area (Å²) in [4.78, 5) is 65.7. The Morgan fingerprint density at radius 1 is 1.09 bits per heavy atom. The molecule has 4 rings (SSSR count). The number of carboxylic acids is 1. The Bertz CT molecular complexity index is 1720. The maximum absolute atomic E-state index is 14.5. The molecular formula is C34H42Br2ClFN3O11PS. The van der Waals surface area contributed by atoms with Gasteiger partial charge in [-0.1, -0.05) is 31.4 Å². The fraction of sp³-hybridized carbons (Fsp3) is 0.441. The second-order valence-corrected chi connectivity index (χ2v) is 18.0. The van der Waals surface area contributed by atoms with Crippen molar-refractivity contribution in [1.82, 2.24) is 5.32 Å². The summed E-state index contributed by atoms with van der Waals surface area (Å²) in [7, 11) is -3.71. The summed E-state index contributed by atoms with van der Waals surface area (Å²) in [5.41, 5.74) is 1.18. The summed E-state index contributed by atoms with van der Waals surface area (Å²) >= 11 is 12.2. The minimum absolute atomic E-state index is 0.000883. The second kappa shape index (κ2) is 24.5. The molecule has 298 valence electrons. The van der Waals surface area contributed by atoms with E-state index in [0.29, 0.717) is 56.0 Å². The van der Waals surface area contributed by atoms with Crippen LogP contribution in [0.2, 0.25) is 5.02 Å². The van der Waals surface area contributed by atoms with Crippen molar-refractivity contribution in [3.63, 3.8) is 0 Å². The summed E-state index contributed by atoms with van der Waals surface area (Å²) in [6, 6.07) is 7.22. The molecule has 0 aromatic heterocycles. The summed E-state index contributed by atoms with van der Waals surface area (Å²) in [5, 5.41) is 27.6. The molecule has 0 saturated heterocycles. The summed E-state index contributed by atoms with van der Waals surface area (Å²) < 4.78 is 35.9. The first-order valence-electron chi connectivity index (χ1n) is 16.1. The van der Waals surface area contributed by atoms with Crippen molar-refractivity contribution >= 4 is 91.4 Å². The Morgan fingerprint density at radius 2 is 1.63 bits per heavy atom. The van der Waals surface area contributed by atoms with Crippen molar-refractivity contribution < 1.29 is 57.6 Å². The highest BCUT2D eigenvalue weighted by molar-refractivity contribution is 9.11. The van der Waals surface area contributed by atoms with Crippen molar-refractivity contribution in [3.8, 4) is 17.6 Å². The number of esters is 1. The Morgan fingerprint density at radius 3 is 2.09 bits per heavy atom. The number of nitrogens with one attached hydrogen (secondary N) is 1. The van der Waals surface area contributed by atoms with Gasteiger partial charge in [-0.2, -0.15) is 5.26 Å². The molecule has 2 amide bonds. The maximum Gasteiger partial charge on any atom is 0.344 e. The zero-order valence-electron chi connectivity index (χ0n) is 30.0. The topological polar surface area (TPSA) is 227 Å². The minimum Gasteiger partial charge on any atom is -0.778 e. The lowest BCUT2D eigenvalue weighted by Gasteiger charge is -2.18. The zero-order chi connectivity index (χ0) is 41.2. The number of nitrogens with zero attached hydrogens (tertiary/aromatic N) is 2. The smallest absolute Gasteiger partial charge is 0.344 e. The number of rotatable bonds is 12. The van der Waals surface area contributed by atoms with Crippen molar-refractivity contribution in [2.24, 2.45) is 0 Å². The van der Waals surface area contributed by atoms with Gasteiger partial charge in [0.25, 0.3) is 11.8 Å². The van der Waals surface area contributed by atoms with Crippen molar-refractivity contribution in [3.05, 3.63) is 60.8 Å². The fourth-order valence-corrected chi connectivity index (χ4v) is 6.19. The van der Waals surface area contributed by atoms with Gasteiger partial charge in [-0.15, -0.1) is 0 Å². The molecule has 2 aliphatic rings. The van der Waals surface area contributed by atoms with Crippen LogP contribution in [0.4, 0.5) is 10.1 Å². The molecule has 1 heterocycles. The van der Waals surface area contributed by atoms with Gasteiger partial charge in [0, 0.05) is 17.2 Å². The number of amides is 2. The van der Waals surface area contributed by atoms with Crippen LogP contribution in [-0.2, 0) is 39.4 Å². The SMILES string of the molecule is CCCCCOC(=O)COc1cc(N2C(=O)C3=C(CCCC3)C2=O)c(F)cc1Cl.C[S+](C)C.N#Cc1cc(Br)c(O)c(Br)c1.O=C(O)CNCP(=O)([O-])O. The number of carbonyl (C=O) groups is 4. The highest BCUT2D eigenvalue weighted by Gasteiger charge is 2.41. The first-order chi connectivity index (χ1) is 25.2. The number of halogens is 4. The monoisotopic (exact) mass is 943 g/mol. The number of phenolic OH excluding ortho intramolecular Hbond substituents is 1. The van der Waals surface area contributed by atoms with Gasteiger partial charge in [-0.05, 0) is 93.1 Å². The number of aliphatic carboxylic acids is 1. The molecule has 20 heteroatoms. The van der Waals surface area contributed by atoms with E-state index in [2.05, 4.69) is 50.6 Å². The Kier molecular flexibility index (Phi) is 22.2. The van der Waals surface area contributed by atoms with Gasteiger partial charge in [0.05, 0.1) is 69.5 Å². The molecule has 14 nitrogen and oxygen atoms in total. The molecular weight excluding hydrogens is 904 g/mol. The number of ether oxygens (including phenoxy) is 2. The predicted molar refractivity (Wildman–Crippen MR) is 209 cm³/mol. The number of carbonyl (C=O) groups excluding carboxylic acids is 3. The maximum atomic E-state index is 14.5. The van der Waals surface area contributed by atoms with Gasteiger partial charge in [0.15, 0.2) is 6.61 Å². The third-order valence-electron chi connectivity index (χ3n) is 6.72. The van der Waals surface area contributed by atoms with E-state index in [9.17, 15) is 38.1 Å². The van der Waals surface area contributed by atoms with E-state index in [0.717, 1.165) is 43.1 Å². The highest BCUT2D eigenvalue weighted by atomic mass is 79.9. The van der Waals surface area contributed by atoms with Gasteiger partial charge in [-0.25, -0.2) is 14.1 Å². The number of hydrogen-bond donors (Lipinski definition) is 4. The molecule has 1 aliphatic carbocycles. The lowest BCUT2D eigenvalue weighted by molar-refractivity contribution is -0.193. The van der Waals surface area contributed by atoms with Crippen LogP contribution in [0.15, 0.2) is 44.4 Å². The van der Waals surface area contributed by atoms with Crippen LogP contribution < -0.4 is 19.8 Å². The molecule has 1 atom stereocenters. The second-order valence-electron chi connectivity index (χ2n) is 11.8. The van der Waals surface area contributed by atoms with E-state index in [1.807, 2.05) is 18.3 Å². The minimum atomic E-state index is -4.35. The number of imide groups is 1. The van der Waals surface area contributed by atoms with Crippen LogP contribution in [0, 0.1) is 17.1 Å². The Labute approximate surface area is 337 Å². The van der Waals surface area contributed by atoms with Gasteiger partial charge in [-0.3, -0.25) is 19.7 Å². The molecule has 1 unspecified atom stereocenters. The number of phenols is 1. The van der Waals surface area contributed by atoms with E-state index in [-0.39, 0.29) is 22.2 Å². The summed E-state index contributed by atoms with van der Waals surface area (Å²) in [5.74, 6) is -3.46. The quantitative estimate of drug-likeness (QED) is 0.0652. The van der Waals surface area contributed by atoms with Gasteiger partial charge < -0.3 is 34.0 Å². The third kappa shape index (κ3) is 17.6. The lowest BCUT2D eigenvalue weighted by atomic mass is 9.93. The highest BCUT2D eigenvalue weighted by Crippen LogP contribution is 2.39. The van der Waals surface area contributed by atoms with Gasteiger partial charge in [0.2, 0.25) is 0 Å². The van der Waals surface area contributed by atoms with Crippen LogP contribution in [0.1, 0.15) is 57.4 Å². The molecule has 1 aliphatic heterocycles. The number of hydrogen-bond acceptors (Lipinski definition) is 11. The lowest BCUT2D eigenvalue weighted by Crippen LogP contribution is -2.32. The van der Waals surface area contributed by atoms with Gasteiger partial charge in [0.1, 0.15) is 24.9 Å². The molecule has 2 aromatic rings. The van der Waals surface area contributed by atoms with Crippen LogP contribution in [-0.4, -0.2) is 83.7 Å². The summed E-state index contributed by atoms with van der Waals surface area (Å²) in [6.07, 6.45) is 11.3. The number of aromatic hydroxyl groups is 1. The van der Waals surface area contributed by atoms with E-state index < -0.39 is 56.6 Å².